The third-order valence-electron chi connectivity index (χ3n) is 5.12. The molecule has 0 aliphatic carbocycles. The van der Waals surface area contributed by atoms with Crippen molar-refractivity contribution in [1.29, 1.82) is 0 Å². The number of nitrogens with one attached hydrogen (secondary N) is 2. The predicted octanol–water partition coefficient (Wildman–Crippen LogP) is 1.42. The maximum atomic E-state index is 12.9. The zero-order chi connectivity index (χ0) is 23.1. The van der Waals surface area contributed by atoms with E-state index < -0.39 is 48.1 Å². The third-order valence-corrected chi connectivity index (χ3v) is 5.12. The van der Waals surface area contributed by atoms with Crippen molar-refractivity contribution in [3.63, 3.8) is 0 Å². The van der Waals surface area contributed by atoms with Crippen LogP contribution in [0.2, 0.25) is 0 Å². The molecule has 8 heteroatoms. The fourth-order valence-electron chi connectivity index (χ4n) is 3.18. The van der Waals surface area contributed by atoms with Crippen LogP contribution in [0, 0.1) is 5.92 Å². The summed E-state index contributed by atoms with van der Waals surface area (Å²) in [4.78, 5) is 24.9. The van der Waals surface area contributed by atoms with Gasteiger partial charge in [-0.15, -0.1) is 0 Å². The molecule has 0 spiro atoms. The first kappa shape index (κ1) is 26.3. The van der Waals surface area contributed by atoms with E-state index in [9.17, 15) is 19.8 Å². The number of aliphatic hydroxyl groups excluding tert-OH is 2. The molecule has 2 amide bonds. The summed E-state index contributed by atoms with van der Waals surface area (Å²) in [5.41, 5.74) is -0.259. The van der Waals surface area contributed by atoms with Gasteiger partial charge in [0.15, 0.2) is 11.4 Å². The van der Waals surface area contributed by atoms with Gasteiger partial charge in [-0.1, -0.05) is 44.1 Å². The summed E-state index contributed by atoms with van der Waals surface area (Å²) in [7, 11) is 0. The highest BCUT2D eigenvalue weighted by atomic mass is 16.8. The lowest BCUT2D eigenvalue weighted by Gasteiger charge is -2.26. The third kappa shape index (κ3) is 7.50. The molecule has 172 valence electrons. The van der Waals surface area contributed by atoms with Crippen molar-refractivity contribution in [3.05, 3.63) is 23.8 Å². The molecule has 0 saturated carbocycles. The van der Waals surface area contributed by atoms with Crippen molar-refractivity contribution in [3.8, 4) is 0 Å². The first-order chi connectivity index (χ1) is 13.8. The quantitative estimate of drug-likeness (QED) is 0.393. The molecule has 0 radical (unpaired) electrons. The molecular weight excluding hydrogens is 388 g/mol. The van der Waals surface area contributed by atoms with Crippen molar-refractivity contribution >= 4 is 11.8 Å². The molecule has 8 nitrogen and oxygen atoms in total. The summed E-state index contributed by atoms with van der Waals surface area (Å²) < 4.78 is 11.8. The fourth-order valence-corrected chi connectivity index (χ4v) is 3.18. The second kappa shape index (κ2) is 11.0. The van der Waals surface area contributed by atoms with Crippen molar-refractivity contribution in [2.45, 2.75) is 84.5 Å². The Hall–Kier alpha value is -1.74. The number of hydrogen-bond acceptors (Lipinski definition) is 6. The van der Waals surface area contributed by atoms with E-state index in [0.717, 1.165) is 12.0 Å². The lowest BCUT2D eigenvalue weighted by Crippen LogP contribution is -2.54. The second-order valence-corrected chi connectivity index (χ2v) is 8.58. The van der Waals surface area contributed by atoms with E-state index in [1.165, 1.54) is 6.92 Å². The van der Waals surface area contributed by atoms with Crippen molar-refractivity contribution in [2.75, 3.05) is 13.2 Å². The molecule has 0 aromatic heterocycles. The lowest BCUT2D eigenvalue weighted by atomic mass is 9.96. The van der Waals surface area contributed by atoms with Crippen LogP contribution in [0.15, 0.2) is 23.8 Å². The van der Waals surface area contributed by atoms with Gasteiger partial charge in [0, 0.05) is 0 Å². The SMILES string of the molecule is CC[C@H](C)/C=C(C)/C=C\[C@H]1OC(C)(C)O[C@]1(C)C(=O)NCC(=O)N[C@H](CO)[C@@H](C)O. The molecule has 1 fully saturated rings. The van der Waals surface area contributed by atoms with E-state index in [4.69, 9.17) is 9.47 Å². The summed E-state index contributed by atoms with van der Waals surface area (Å²) >= 11 is 0. The zero-order valence-electron chi connectivity index (χ0n) is 19.2. The average molecular weight is 427 g/mol. The highest BCUT2D eigenvalue weighted by Crippen LogP contribution is 2.37. The van der Waals surface area contributed by atoms with Crippen molar-refractivity contribution in [2.24, 2.45) is 5.92 Å². The van der Waals surface area contributed by atoms with Crippen LogP contribution in [0.5, 0.6) is 0 Å². The Bertz CT molecular complexity index is 658. The molecule has 1 aliphatic rings. The summed E-state index contributed by atoms with van der Waals surface area (Å²) in [6.45, 7) is 12.1. The normalized spacial score (nSPS) is 27.0. The van der Waals surface area contributed by atoms with Gasteiger partial charge in [0.25, 0.3) is 5.91 Å². The van der Waals surface area contributed by atoms with E-state index in [-0.39, 0.29) is 6.54 Å². The van der Waals surface area contributed by atoms with E-state index in [2.05, 4.69) is 30.6 Å². The first-order valence-corrected chi connectivity index (χ1v) is 10.5. The fraction of sp³-hybridized carbons (Fsp3) is 0.727. The minimum absolute atomic E-state index is 0.315. The minimum Gasteiger partial charge on any atom is -0.394 e. The van der Waals surface area contributed by atoms with Crippen LogP contribution >= 0.6 is 0 Å². The van der Waals surface area contributed by atoms with Gasteiger partial charge in [0.05, 0.1) is 25.3 Å². The lowest BCUT2D eigenvalue weighted by molar-refractivity contribution is -0.170. The number of amides is 2. The molecule has 0 aromatic rings. The molecule has 1 saturated heterocycles. The monoisotopic (exact) mass is 426 g/mol. The molecule has 0 unspecified atom stereocenters. The Morgan fingerprint density at radius 3 is 2.40 bits per heavy atom. The maximum Gasteiger partial charge on any atom is 0.255 e. The van der Waals surface area contributed by atoms with Gasteiger partial charge in [-0.3, -0.25) is 9.59 Å². The maximum absolute atomic E-state index is 12.9. The Labute approximate surface area is 179 Å². The van der Waals surface area contributed by atoms with Gasteiger partial charge in [0.2, 0.25) is 5.91 Å². The summed E-state index contributed by atoms with van der Waals surface area (Å²) in [6, 6.07) is -0.800. The van der Waals surface area contributed by atoms with Gasteiger partial charge < -0.3 is 30.3 Å². The first-order valence-electron chi connectivity index (χ1n) is 10.5. The van der Waals surface area contributed by atoms with Gasteiger partial charge >= 0.3 is 0 Å². The second-order valence-electron chi connectivity index (χ2n) is 8.58. The van der Waals surface area contributed by atoms with Crippen LogP contribution < -0.4 is 10.6 Å². The minimum atomic E-state index is -1.32. The Balaban J connectivity index is 2.85. The number of carbonyl (C=O) groups is 2. The topological polar surface area (TPSA) is 117 Å². The molecule has 0 bridgehead atoms. The van der Waals surface area contributed by atoms with E-state index >= 15 is 0 Å². The van der Waals surface area contributed by atoms with Gasteiger partial charge in [-0.2, -0.15) is 0 Å². The molecule has 1 rings (SSSR count). The van der Waals surface area contributed by atoms with Gasteiger partial charge in [0.1, 0.15) is 6.10 Å². The number of rotatable bonds is 10. The van der Waals surface area contributed by atoms with Crippen LogP contribution in [0.25, 0.3) is 0 Å². The molecule has 1 heterocycles. The predicted molar refractivity (Wildman–Crippen MR) is 115 cm³/mol. The van der Waals surface area contributed by atoms with Gasteiger partial charge in [-0.25, -0.2) is 0 Å². The Morgan fingerprint density at radius 2 is 1.87 bits per heavy atom. The number of aliphatic hydroxyl groups is 2. The largest absolute Gasteiger partial charge is 0.394 e. The molecule has 1 aliphatic heterocycles. The standard InChI is InChI=1S/C22H38N2O6/c1-8-14(2)11-15(3)9-10-18-22(7,30-21(5,6)29-18)20(28)23-12-19(27)24-17(13-25)16(4)26/h9-11,14,16-18,25-26H,8,12-13H2,1-7H3,(H,23,28)(H,24,27)/b10-9-,15-11+/t14-,16+,17+,18+,22-/m0/s1. The van der Waals surface area contributed by atoms with Crippen molar-refractivity contribution < 1.29 is 29.3 Å². The molecule has 5 atom stereocenters. The van der Waals surface area contributed by atoms with E-state index in [1.807, 2.05) is 13.0 Å². The molecule has 30 heavy (non-hydrogen) atoms. The van der Waals surface area contributed by atoms with E-state index in [0.29, 0.717) is 5.92 Å². The summed E-state index contributed by atoms with van der Waals surface area (Å²) in [6.07, 6.45) is 5.35. The number of allylic oxidation sites excluding steroid dienone is 3. The summed E-state index contributed by atoms with van der Waals surface area (Å²) in [5.74, 6) is -1.53. The van der Waals surface area contributed by atoms with Crippen LogP contribution in [0.4, 0.5) is 0 Å². The molecule has 0 aromatic carbocycles. The Kier molecular flexibility index (Phi) is 9.68. The molecular formula is C22H38N2O6. The van der Waals surface area contributed by atoms with Crippen LogP contribution in [-0.4, -0.2) is 64.8 Å². The highest BCUT2D eigenvalue weighted by molar-refractivity contribution is 5.90. The number of hydrogen-bond donors (Lipinski definition) is 4. The van der Waals surface area contributed by atoms with E-state index in [1.54, 1.807) is 26.8 Å². The van der Waals surface area contributed by atoms with Crippen LogP contribution in [0.1, 0.15) is 54.9 Å². The smallest absolute Gasteiger partial charge is 0.255 e. The van der Waals surface area contributed by atoms with Crippen molar-refractivity contribution in [1.82, 2.24) is 10.6 Å². The highest BCUT2D eigenvalue weighted by Gasteiger charge is 2.54. The Morgan fingerprint density at radius 1 is 1.23 bits per heavy atom. The molecule has 4 N–H and O–H groups in total. The number of carbonyl (C=O) groups excluding carboxylic acids is 2. The van der Waals surface area contributed by atoms with Crippen LogP contribution in [0.3, 0.4) is 0 Å². The zero-order valence-corrected chi connectivity index (χ0v) is 19.2. The van der Waals surface area contributed by atoms with Gasteiger partial charge in [-0.05, 0) is 40.5 Å². The number of ether oxygens (including phenoxy) is 2. The van der Waals surface area contributed by atoms with Crippen LogP contribution in [-0.2, 0) is 19.1 Å². The summed E-state index contributed by atoms with van der Waals surface area (Å²) in [5, 5.41) is 23.7. The average Bonchev–Trinajstić information content (AvgIpc) is 2.91.